The maximum absolute atomic E-state index is 6.40. The number of hydrogen-bond donors (Lipinski definition) is 0. The monoisotopic (exact) mass is 495 g/mol. The number of furan rings is 1. The maximum atomic E-state index is 6.40. The fourth-order valence-electron chi connectivity index (χ4n) is 5.50. The van der Waals surface area contributed by atoms with Gasteiger partial charge in [-0.15, -0.1) is 0 Å². The predicted molar refractivity (Wildman–Crippen MR) is 148 cm³/mol. The number of hydrogen-bond acceptors (Lipinski definition) is 5. The molecule has 3 aromatic carbocycles. The van der Waals surface area contributed by atoms with Crippen molar-refractivity contribution in [2.45, 2.75) is 25.7 Å². The van der Waals surface area contributed by atoms with E-state index in [1.165, 1.54) is 51.9 Å². The number of rotatable bonds is 10. The molecule has 0 aliphatic carbocycles. The van der Waals surface area contributed by atoms with E-state index in [1.54, 1.807) is 0 Å². The Kier molecular flexibility index (Phi) is 7.42. The maximum Gasteiger partial charge on any atom is 0.143 e. The van der Waals surface area contributed by atoms with Crippen LogP contribution in [0.5, 0.6) is 11.5 Å². The van der Waals surface area contributed by atoms with Crippen molar-refractivity contribution in [2.24, 2.45) is 0 Å². The van der Waals surface area contributed by atoms with E-state index in [2.05, 4.69) is 46.2 Å². The average Bonchev–Trinajstić information content (AvgIpc) is 3.71. The molecule has 0 spiro atoms. The summed E-state index contributed by atoms with van der Waals surface area (Å²) in [6.07, 6.45) is 5.21. The van der Waals surface area contributed by atoms with E-state index >= 15 is 0 Å². The second kappa shape index (κ2) is 11.4. The Hall–Kier alpha value is -3.28. The number of nitrogens with zero attached hydrogens (tertiary/aromatic N) is 2. The van der Waals surface area contributed by atoms with E-state index in [4.69, 9.17) is 13.9 Å². The molecule has 0 atom stereocenters. The third kappa shape index (κ3) is 5.68. The Labute approximate surface area is 219 Å². The van der Waals surface area contributed by atoms with Crippen LogP contribution >= 0.6 is 0 Å². The Balaban J connectivity index is 1.21. The fraction of sp³-hybridized carbons (Fsp3) is 0.375. The number of fused-ring (bicyclic) bond motifs is 1. The summed E-state index contributed by atoms with van der Waals surface area (Å²) in [5.74, 6) is 2.60. The highest BCUT2D eigenvalue weighted by Crippen LogP contribution is 2.41. The van der Waals surface area contributed by atoms with Gasteiger partial charge in [0, 0.05) is 29.6 Å². The van der Waals surface area contributed by atoms with E-state index in [0.717, 1.165) is 64.6 Å². The van der Waals surface area contributed by atoms with Gasteiger partial charge in [0.15, 0.2) is 0 Å². The standard InChI is InChI=1S/C32H35N2O3/c1-2-11-30-29(10-1)31(26-8-7-9-28(24-26)36-23-21-34-18-5-6-19-34)32(37-30)25-12-14-27(15-13-25)35-22-20-33-16-3-4-17-33/h1-2,7,9-15,24H,3-6,16-23H2. The molecule has 0 amide bonds. The topological polar surface area (TPSA) is 38.1 Å². The molecular weight excluding hydrogens is 460 g/mol. The van der Waals surface area contributed by atoms with Crippen LogP contribution in [0.25, 0.3) is 33.4 Å². The van der Waals surface area contributed by atoms with Crippen molar-refractivity contribution in [2.75, 3.05) is 52.5 Å². The molecule has 2 saturated heterocycles. The molecule has 0 saturated carbocycles. The molecule has 1 radical (unpaired) electrons. The van der Waals surface area contributed by atoms with Crippen molar-refractivity contribution in [3.05, 3.63) is 72.8 Å². The molecule has 3 heterocycles. The highest BCUT2D eigenvalue weighted by atomic mass is 16.5. The molecule has 2 aliphatic heterocycles. The van der Waals surface area contributed by atoms with E-state index in [1.807, 2.05) is 36.4 Å². The first-order valence-electron chi connectivity index (χ1n) is 13.7. The van der Waals surface area contributed by atoms with Crippen molar-refractivity contribution >= 4 is 11.0 Å². The lowest BCUT2D eigenvalue weighted by molar-refractivity contribution is 0.238. The zero-order valence-corrected chi connectivity index (χ0v) is 21.5. The summed E-state index contributed by atoms with van der Waals surface area (Å²) in [5.41, 5.74) is 3.91. The van der Waals surface area contributed by atoms with Gasteiger partial charge in [-0.1, -0.05) is 24.3 Å². The van der Waals surface area contributed by atoms with Gasteiger partial charge in [0.2, 0.25) is 0 Å². The summed E-state index contributed by atoms with van der Waals surface area (Å²) >= 11 is 0. The van der Waals surface area contributed by atoms with Crippen LogP contribution in [0.1, 0.15) is 25.7 Å². The van der Waals surface area contributed by atoms with Gasteiger partial charge in [-0.2, -0.15) is 0 Å². The third-order valence-electron chi connectivity index (χ3n) is 7.50. The minimum Gasteiger partial charge on any atom is -0.492 e. The minimum absolute atomic E-state index is 0.696. The van der Waals surface area contributed by atoms with Crippen molar-refractivity contribution in [3.8, 4) is 33.9 Å². The second-order valence-corrected chi connectivity index (χ2v) is 10.1. The molecular formula is C32H35N2O3. The molecule has 0 bridgehead atoms. The largest absolute Gasteiger partial charge is 0.492 e. The first-order chi connectivity index (χ1) is 18.3. The van der Waals surface area contributed by atoms with E-state index in [9.17, 15) is 0 Å². The van der Waals surface area contributed by atoms with Gasteiger partial charge in [0.05, 0.1) is 0 Å². The lowest BCUT2D eigenvalue weighted by atomic mass is 9.98. The van der Waals surface area contributed by atoms with Gasteiger partial charge in [0.1, 0.15) is 36.1 Å². The SMILES string of the molecule is [c]1ccc(OCCN2CCCC2)cc1-c1c(-c2ccc(OCCN3CCCC3)cc2)oc2ccccc12. The molecule has 37 heavy (non-hydrogen) atoms. The molecule has 4 aromatic rings. The smallest absolute Gasteiger partial charge is 0.143 e. The van der Waals surface area contributed by atoms with Crippen molar-refractivity contribution in [3.63, 3.8) is 0 Å². The number of ether oxygens (including phenoxy) is 2. The van der Waals surface area contributed by atoms with Gasteiger partial charge >= 0.3 is 0 Å². The predicted octanol–water partition coefficient (Wildman–Crippen LogP) is 6.52. The molecule has 2 aliphatic rings. The molecule has 2 fully saturated rings. The van der Waals surface area contributed by atoms with Crippen LogP contribution in [0.2, 0.25) is 0 Å². The number of benzene rings is 3. The van der Waals surface area contributed by atoms with Crippen LogP contribution in [0.3, 0.4) is 0 Å². The minimum atomic E-state index is 0.696. The van der Waals surface area contributed by atoms with Crippen LogP contribution in [0.4, 0.5) is 0 Å². The summed E-state index contributed by atoms with van der Waals surface area (Å²) in [6, 6.07) is 25.9. The van der Waals surface area contributed by atoms with Crippen LogP contribution in [-0.4, -0.2) is 62.3 Å². The van der Waals surface area contributed by atoms with Crippen LogP contribution in [0, 0.1) is 6.07 Å². The highest BCUT2D eigenvalue weighted by molar-refractivity contribution is 6.01. The third-order valence-corrected chi connectivity index (χ3v) is 7.50. The molecule has 0 unspecified atom stereocenters. The molecule has 191 valence electrons. The zero-order chi connectivity index (χ0) is 24.9. The van der Waals surface area contributed by atoms with Gasteiger partial charge in [-0.25, -0.2) is 0 Å². The first kappa shape index (κ1) is 24.1. The van der Waals surface area contributed by atoms with Gasteiger partial charge < -0.3 is 13.9 Å². The Morgan fingerprint density at radius 1 is 0.730 bits per heavy atom. The van der Waals surface area contributed by atoms with E-state index in [0.29, 0.717) is 6.61 Å². The van der Waals surface area contributed by atoms with Gasteiger partial charge in [0.25, 0.3) is 0 Å². The molecule has 5 heteroatoms. The van der Waals surface area contributed by atoms with Gasteiger partial charge in [-0.05, 0) is 106 Å². The summed E-state index contributed by atoms with van der Waals surface area (Å²) in [4.78, 5) is 4.94. The second-order valence-electron chi connectivity index (χ2n) is 10.1. The van der Waals surface area contributed by atoms with Crippen molar-refractivity contribution < 1.29 is 13.9 Å². The van der Waals surface area contributed by atoms with Gasteiger partial charge in [-0.3, -0.25) is 9.80 Å². The van der Waals surface area contributed by atoms with E-state index in [-0.39, 0.29) is 0 Å². The van der Waals surface area contributed by atoms with E-state index < -0.39 is 0 Å². The first-order valence-corrected chi connectivity index (χ1v) is 13.7. The van der Waals surface area contributed by atoms with Crippen LogP contribution < -0.4 is 9.47 Å². The summed E-state index contributed by atoms with van der Waals surface area (Å²) < 4.78 is 18.6. The Morgan fingerprint density at radius 3 is 2.08 bits per heavy atom. The summed E-state index contributed by atoms with van der Waals surface area (Å²) in [5, 5.41) is 1.08. The summed E-state index contributed by atoms with van der Waals surface area (Å²) in [7, 11) is 0. The van der Waals surface area contributed by atoms with Crippen molar-refractivity contribution in [1.29, 1.82) is 0 Å². The fourth-order valence-corrected chi connectivity index (χ4v) is 5.50. The normalized spacial score (nSPS) is 16.5. The molecule has 6 rings (SSSR count). The molecule has 5 nitrogen and oxygen atoms in total. The number of likely N-dealkylation sites (tertiary alicyclic amines) is 2. The Morgan fingerprint density at radius 2 is 1.38 bits per heavy atom. The lowest BCUT2D eigenvalue weighted by Crippen LogP contribution is -2.25. The van der Waals surface area contributed by atoms with Crippen LogP contribution in [0.15, 0.2) is 71.1 Å². The average molecular weight is 496 g/mol. The molecule has 1 aromatic heterocycles. The lowest BCUT2D eigenvalue weighted by Gasteiger charge is -2.15. The van der Waals surface area contributed by atoms with Crippen molar-refractivity contribution in [1.82, 2.24) is 9.80 Å². The summed E-state index contributed by atoms with van der Waals surface area (Å²) in [6.45, 7) is 8.13. The number of para-hydroxylation sites is 1. The highest BCUT2D eigenvalue weighted by Gasteiger charge is 2.19. The van der Waals surface area contributed by atoms with Crippen LogP contribution in [-0.2, 0) is 0 Å². The Bertz CT molecular complexity index is 1300. The quantitative estimate of drug-likeness (QED) is 0.251. The zero-order valence-electron chi connectivity index (χ0n) is 21.5. The molecule has 0 N–H and O–H groups in total.